The van der Waals surface area contributed by atoms with Gasteiger partial charge in [-0.3, -0.25) is 0 Å². The highest BCUT2D eigenvalue weighted by Crippen LogP contribution is 2.26. The van der Waals surface area contributed by atoms with Crippen molar-refractivity contribution in [3.63, 3.8) is 0 Å². The molecule has 0 saturated carbocycles. The summed E-state index contributed by atoms with van der Waals surface area (Å²) in [4.78, 5) is 0. The minimum Gasteiger partial charge on any atom is -0.494 e. The summed E-state index contributed by atoms with van der Waals surface area (Å²) in [5, 5.41) is 3.16. The number of halogens is 1. The van der Waals surface area contributed by atoms with Crippen molar-refractivity contribution in [2.45, 2.75) is 20.4 Å². The summed E-state index contributed by atoms with van der Waals surface area (Å²) in [5.41, 5.74) is 0.897. The first kappa shape index (κ1) is 15.3. The third kappa shape index (κ3) is 4.46. The van der Waals surface area contributed by atoms with Crippen LogP contribution in [0.4, 0.5) is 4.39 Å². The Morgan fingerprint density at radius 1 is 1.00 bits per heavy atom. The second-order valence-corrected chi connectivity index (χ2v) is 4.55. The molecular formula is C17H20FNO2. The molecule has 2 rings (SSSR count). The van der Waals surface area contributed by atoms with Crippen LogP contribution in [0.3, 0.4) is 0 Å². The quantitative estimate of drug-likeness (QED) is 0.831. The lowest BCUT2D eigenvalue weighted by molar-refractivity contribution is 0.339. The maximum atomic E-state index is 14.0. The van der Waals surface area contributed by atoms with Crippen LogP contribution < -0.4 is 14.8 Å². The minimum atomic E-state index is -0.362. The van der Waals surface area contributed by atoms with Crippen molar-refractivity contribution in [3.8, 4) is 17.2 Å². The molecule has 1 N–H and O–H groups in total. The topological polar surface area (TPSA) is 30.5 Å². The molecule has 0 heterocycles. The maximum Gasteiger partial charge on any atom is 0.166 e. The molecule has 0 fully saturated rings. The van der Waals surface area contributed by atoms with Crippen molar-refractivity contribution in [1.82, 2.24) is 5.32 Å². The van der Waals surface area contributed by atoms with Gasteiger partial charge in [-0.25, -0.2) is 4.39 Å². The number of nitrogens with one attached hydrogen (secondary N) is 1. The second-order valence-electron chi connectivity index (χ2n) is 4.55. The van der Waals surface area contributed by atoms with Gasteiger partial charge >= 0.3 is 0 Å². The molecule has 0 bridgehead atoms. The molecule has 0 aliphatic rings. The molecule has 0 radical (unpaired) electrons. The molecule has 0 aromatic heterocycles. The van der Waals surface area contributed by atoms with Gasteiger partial charge in [0.05, 0.1) is 6.61 Å². The van der Waals surface area contributed by atoms with Gasteiger partial charge in [-0.2, -0.15) is 0 Å². The van der Waals surface area contributed by atoms with Gasteiger partial charge in [-0.05, 0) is 55.4 Å². The molecule has 0 aliphatic carbocycles. The Balaban J connectivity index is 2.05. The Bertz CT molecular complexity index is 570. The standard InChI is InChI=1S/C17H20FNO2/c1-3-19-12-13-5-10-17(16(18)11-13)21-15-8-6-14(7-9-15)20-4-2/h5-11,19H,3-4,12H2,1-2H3. The van der Waals surface area contributed by atoms with E-state index in [1.54, 1.807) is 30.3 Å². The van der Waals surface area contributed by atoms with Crippen LogP contribution in [0.1, 0.15) is 19.4 Å². The highest BCUT2D eigenvalue weighted by molar-refractivity contribution is 5.37. The highest BCUT2D eigenvalue weighted by Gasteiger charge is 2.06. The molecule has 2 aromatic rings. The van der Waals surface area contributed by atoms with Crippen LogP contribution in [0.25, 0.3) is 0 Å². The predicted molar refractivity (Wildman–Crippen MR) is 81.5 cm³/mol. The number of benzene rings is 2. The van der Waals surface area contributed by atoms with Crippen molar-refractivity contribution in [2.24, 2.45) is 0 Å². The predicted octanol–water partition coefficient (Wildman–Crippen LogP) is 4.13. The lowest BCUT2D eigenvalue weighted by Gasteiger charge is -2.09. The highest BCUT2D eigenvalue weighted by atomic mass is 19.1. The van der Waals surface area contributed by atoms with Gasteiger partial charge in [0.2, 0.25) is 0 Å². The lowest BCUT2D eigenvalue weighted by Crippen LogP contribution is -2.11. The molecule has 3 nitrogen and oxygen atoms in total. The fraction of sp³-hybridized carbons (Fsp3) is 0.294. The number of hydrogen-bond acceptors (Lipinski definition) is 3. The summed E-state index contributed by atoms with van der Waals surface area (Å²) in [6.45, 7) is 6.05. The van der Waals surface area contributed by atoms with E-state index in [1.807, 2.05) is 19.9 Å². The van der Waals surface area contributed by atoms with Gasteiger partial charge in [-0.1, -0.05) is 13.0 Å². The summed E-state index contributed by atoms with van der Waals surface area (Å²) in [6, 6.07) is 12.1. The Labute approximate surface area is 124 Å². The summed E-state index contributed by atoms with van der Waals surface area (Å²) >= 11 is 0. The van der Waals surface area contributed by atoms with E-state index in [9.17, 15) is 4.39 Å². The van der Waals surface area contributed by atoms with Crippen LogP contribution in [0.15, 0.2) is 42.5 Å². The SMILES string of the molecule is CCNCc1ccc(Oc2ccc(OCC)cc2)c(F)c1. The van der Waals surface area contributed by atoms with Crippen LogP contribution >= 0.6 is 0 Å². The Morgan fingerprint density at radius 2 is 1.71 bits per heavy atom. The molecule has 112 valence electrons. The van der Waals surface area contributed by atoms with E-state index in [1.165, 1.54) is 6.07 Å². The molecule has 0 unspecified atom stereocenters. The zero-order valence-electron chi connectivity index (χ0n) is 12.4. The Kier molecular flexibility index (Phi) is 5.58. The van der Waals surface area contributed by atoms with Gasteiger partial charge in [0.15, 0.2) is 11.6 Å². The van der Waals surface area contributed by atoms with Crippen LogP contribution in [0.5, 0.6) is 17.2 Å². The van der Waals surface area contributed by atoms with E-state index >= 15 is 0 Å². The van der Waals surface area contributed by atoms with Gasteiger partial charge < -0.3 is 14.8 Å². The fourth-order valence-electron chi connectivity index (χ4n) is 1.90. The number of ether oxygens (including phenoxy) is 2. The average molecular weight is 289 g/mol. The van der Waals surface area contributed by atoms with Crippen LogP contribution in [-0.4, -0.2) is 13.2 Å². The minimum absolute atomic E-state index is 0.222. The molecule has 0 atom stereocenters. The third-order valence-electron chi connectivity index (χ3n) is 2.94. The summed E-state index contributed by atoms with van der Waals surface area (Å²) in [7, 11) is 0. The fourth-order valence-corrected chi connectivity index (χ4v) is 1.90. The molecule has 0 aliphatic heterocycles. The normalized spacial score (nSPS) is 10.4. The lowest BCUT2D eigenvalue weighted by atomic mass is 10.2. The third-order valence-corrected chi connectivity index (χ3v) is 2.94. The molecule has 0 saturated heterocycles. The number of hydrogen-bond donors (Lipinski definition) is 1. The summed E-state index contributed by atoms with van der Waals surface area (Å²) < 4.78 is 24.9. The largest absolute Gasteiger partial charge is 0.494 e. The van der Waals surface area contributed by atoms with Gasteiger partial charge in [-0.15, -0.1) is 0 Å². The van der Waals surface area contributed by atoms with Crippen LogP contribution in [0.2, 0.25) is 0 Å². The molecule has 21 heavy (non-hydrogen) atoms. The van der Waals surface area contributed by atoms with E-state index in [4.69, 9.17) is 9.47 Å². The summed E-state index contributed by atoms with van der Waals surface area (Å²) in [5.74, 6) is 1.21. The molecular weight excluding hydrogens is 269 g/mol. The van der Waals surface area contributed by atoms with E-state index in [2.05, 4.69) is 5.32 Å². The molecule has 0 amide bonds. The maximum absolute atomic E-state index is 14.0. The number of rotatable bonds is 7. The van der Waals surface area contributed by atoms with Crippen molar-refractivity contribution in [1.29, 1.82) is 0 Å². The van der Waals surface area contributed by atoms with E-state index < -0.39 is 0 Å². The summed E-state index contributed by atoms with van der Waals surface area (Å²) in [6.07, 6.45) is 0. The first-order chi connectivity index (χ1) is 10.2. The van der Waals surface area contributed by atoms with Crippen molar-refractivity contribution in [2.75, 3.05) is 13.2 Å². The zero-order valence-corrected chi connectivity index (χ0v) is 12.4. The van der Waals surface area contributed by atoms with E-state index in [-0.39, 0.29) is 11.6 Å². The second kappa shape index (κ2) is 7.64. The Hall–Kier alpha value is -2.07. The monoisotopic (exact) mass is 289 g/mol. The Morgan fingerprint density at radius 3 is 2.33 bits per heavy atom. The molecule has 2 aromatic carbocycles. The van der Waals surface area contributed by atoms with Gasteiger partial charge in [0.25, 0.3) is 0 Å². The van der Waals surface area contributed by atoms with Crippen molar-refractivity contribution >= 4 is 0 Å². The van der Waals surface area contributed by atoms with E-state index in [0.29, 0.717) is 18.9 Å². The molecule has 4 heteroatoms. The van der Waals surface area contributed by atoms with Gasteiger partial charge in [0, 0.05) is 6.54 Å². The van der Waals surface area contributed by atoms with E-state index in [0.717, 1.165) is 17.9 Å². The smallest absolute Gasteiger partial charge is 0.166 e. The van der Waals surface area contributed by atoms with Crippen LogP contribution in [-0.2, 0) is 6.54 Å². The average Bonchev–Trinajstić information content (AvgIpc) is 2.50. The first-order valence-electron chi connectivity index (χ1n) is 7.12. The zero-order chi connectivity index (χ0) is 15.1. The van der Waals surface area contributed by atoms with Crippen LogP contribution in [0, 0.1) is 5.82 Å². The van der Waals surface area contributed by atoms with Crippen molar-refractivity contribution < 1.29 is 13.9 Å². The van der Waals surface area contributed by atoms with Gasteiger partial charge in [0.1, 0.15) is 11.5 Å². The molecule has 0 spiro atoms. The first-order valence-corrected chi connectivity index (χ1v) is 7.12. The van der Waals surface area contributed by atoms with Crippen molar-refractivity contribution in [3.05, 3.63) is 53.8 Å².